The van der Waals surface area contributed by atoms with Gasteiger partial charge in [0.2, 0.25) is 0 Å². The lowest BCUT2D eigenvalue weighted by molar-refractivity contribution is -0.216. The maximum absolute atomic E-state index is 14.1. The third-order valence-electron chi connectivity index (χ3n) is 4.34. The molecule has 1 aromatic rings. The average Bonchev–Trinajstić information content (AvgIpc) is 2.77. The number of halogens is 2. The van der Waals surface area contributed by atoms with E-state index in [4.69, 9.17) is 0 Å². The van der Waals surface area contributed by atoms with Crippen molar-refractivity contribution in [2.45, 2.75) is 63.1 Å². The van der Waals surface area contributed by atoms with Gasteiger partial charge in [-0.3, -0.25) is 4.79 Å². The van der Waals surface area contributed by atoms with E-state index in [0.29, 0.717) is 31.0 Å². The summed E-state index contributed by atoms with van der Waals surface area (Å²) >= 11 is 0. The van der Waals surface area contributed by atoms with E-state index in [1.807, 2.05) is 0 Å². The van der Waals surface area contributed by atoms with Crippen LogP contribution in [0.1, 0.15) is 49.8 Å². The van der Waals surface area contributed by atoms with E-state index < -0.39 is 23.5 Å². The molecular formula is C13H18F2N4O2. The summed E-state index contributed by atoms with van der Waals surface area (Å²) < 4.78 is 29.8. The van der Waals surface area contributed by atoms with Crippen molar-refractivity contribution in [1.82, 2.24) is 20.1 Å². The molecule has 0 saturated heterocycles. The van der Waals surface area contributed by atoms with Crippen LogP contribution in [0, 0.1) is 6.92 Å². The molecule has 1 unspecified atom stereocenters. The smallest absolute Gasteiger partial charge is 0.352 e. The largest absolute Gasteiger partial charge is 0.383 e. The predicted octanol–water partition coefficient (Wildman–Crippen LogP) is 1.09. The van der Waals surface area contributed by atoms with E-state index in [9.17, 15) is 18.7 Å². The van der Waals surface area contributed by atoms with Gasteiger partial charge in [-0.1, -0.05) is 0 Å². The van der Waals surface area contributed by atoms with Crippen molar-refractivity contribution in [1.29, 1.82) is 0 Å². The second-order valence-corrected chi connectivity index (χ2v) is 5.87. The van der Waals surface area contributed by atoms with Crippen molar-refractivity contribution in [3.63, 3.8) is 0 Å². The summed E-state index contributed by atoms with van der Waals surface area (Å²) in [4.78, 5) is 16.1. The number of carbonyl (C=O) groups is 1. The number of nitrogens with one attached hydrogen (secondary N) is 1. The summed E-state index contributed by atoms with van der Waals surface area (Å²) in [5.41, 5.74) is -2.20. The van der Waals surface area contributed by atoms with Crippen molar-refractivity contribution < 1.29 is 18.7 Å². The van der Waals surface area contributed by atoms with Crippen LogP contribution < -0.4 is 5.32 Å². The van der Waals surface area contributed by atoms with Crippen molar-refractivity contribution in [3.05, 3.63) is 11.6 Å². The Morgan fingerprint density at radius 1 is 1.48 bits per heavy atom. The molecule has 3 rings (SSSR count). The fraction of sp³-hybridized carbons (Fsp3) is 0.769. The fourth-order valence-electron chi connectivity index (χ4n) is 2.89. The number of rotatable bonds is 3. The molecule has 0 spiro atoms. The quantitative estimate of drug-likeness (QED) is 0.875. The number of hydrogen-bond acceptors (Lipinski definition) is 4. The van der Waals surface area contributed by atoms with Crippen molar-refractivity contribution >= 4 is 5.91 Å². The second-order valence-electron chi connectivity index (χ2n) is 5.87. The Morgan fingerprint density at radius 3 is 2.81 bits per heavy atom. The molecule has 2 N–H and O–H groups in total. The SMILES string of the molecule is Cc1nc2n(n1)CCCC2NC(=O)C(F)(F)C1(O)CCC1. The maximum Gasteiger partial charge on any atom is 0.352 e. The Bertz CT molecular complexity index is 569. The number of nitrogens with zero attached hydrogens (tertiary/aromatic N) is 3. The maximum atomic E-state index is 14.1. The van der Waals surface area contributed by atoms with Gasteiger partial charge in [0.05, 0.1) is 6.04 Å². The highest BCUT2D eigenvalue weighted by Gasteiger charge is 2.61. The fourth-order valence-corrected chi connectivity index (χ4v) is 2.89. The zero-order valence-electron chi connectivity index (χ0n) is 11.8. The van der Waals surface area contributed by atoms with Crippen molar-refractivity contribution in [2.75, 3.05) is 0 Å². The van der Waals surface area contributed by atoms with Crippen LogP contribution >= 0.6 is 0 Å². The molecule has 8 heteroatoms. The molecule has 1 aromatic heterocycles. The Kier molecular flexibility index (Phi) is 3.23. The van der Waals surface area contributed by atoms with Gasteiger partial charge in [0.1, 0.15) is 17.2 Å². The van der Waals surface area contributed by atoms with Crippen LogP contribution in [0.2, 0.25) is 0 Å². The Morgan fingerprint density at radius 2 is 2.19 bits per heavy atom. The molecule has 0 aromatic carbocycles. The summed E-state index contributed by atoms with van der Waals surface area (Å²) in [6.45, 7) is 2.39. The number of aromatic nitrogens is 3. The molecule has 2 aliphatic rings. The van der Waals surface area contributed by atoms with Gasteiger partial charge in [-0.05, 0) is 39.0 Å². The number of aliphatic hydroxyl groups is 1. The Balaban J connectivity index is 1.76. The second kappa shape index (κ2) is 4.72. The normalized spacial score (nSPS) is 24.1. The van der Waals surface area contributed by atoms with Gasteiger partial charge in [0, 0.05) is 6.54 Å². The van der Waals surface area contributed by atoms with Gasteiger partial charge in [-0.15, -0.1) is 0 Å². The highest BCUT2D eigenvalue weighted by atomic mass is 19.3. The van der Waals surface area contributed by atoms with Crippen LogP contribution in [0.4, 0.5) is 8.78 Å². The lowest BCUT2D eigenvalue weighted by Gasteiger charge is -2.42. The first kappa shape index (κ1) is 14.4. The molecular weight excluding hydrogens is 282 g/mol. The van der Waals surface area contributed by atoms with E-state index in [1.54, 1.807) is 11.6 Å². The van der Waals surface area contributed by atoms with Crippen LogP contribution in [-0.4, -0.2) is 37.3 Å². The van der Waals surface area contributed by atoms with Crippen LogP contribution in [0.25, 0.3) is 0 Å². The van der Waals surface area contributed by atoms with Crippen LogP contribution in [0.3, 0.4) is 0 Å². The number of fused-ring (bicyclic) bond motifs is 1. The number of hydrogen-bond donors (Lipinski definition) is 2. The minimum absolute atomic E-state index is 0.0482. The van der Waals surface area contributed by atoms with E-state index >= 15 is 0 Å². The van der Waals surface area contributed by atoms with Crippen molar-refractivity contribution in [2.24, 2.45) is 0 Å². The number of aryl methyl sites for hydroxylation is 2. The first-order valence-corrected chi connectivity index (χ1v) is 7.16. The van der Waals surface area contributed by atoms with Crippen LogP contribution in [0.5, 0.6) is 0 Å². The molecule has 1 amide bonds. The zero-order chi connectivity index (χ0) is 15.3. The Labute approximate surface area is 120 Å². The number of amides is 1. The molecule has 116 valence electrons. The molecule has 1 fully saturated rings. The van der Waals surface area contributed by atoms with Crippen molar-refractivity contribution in [3.8, 4) is 0 Å². The molecule has 6 nitrogen and oxygen atoms in total. The molecule has 1 saturated carbocycles. The van der Waals surface area contributed by atoms with Gasteiger partial charge in [-0.2, -0.15) is 13.9 Å². The summed E-state index contributed by atoms with van der Waals surface area (Å²) in [6.07, 6.45) is 1.69. The van der Waals surface area contributed by atoms with E-state index in [1.165, 1.54) is 0 Å². The summed E-state index contributed by atoms with van der Waals surface area (Å²) in [7, 11) is 0. The minimum atomic E-state index is -3.78. The van der Waals surface area contributed by atoms with E-state index in [-0.39, 0.29) is 12.8 Å². The first-order valence-electron chi connectivity index (χ1n) is 7.16. The molecule has 1 aliphatic carbocycles. The third-order valence-corrected chi connectivity index (χ3v) is 4.34. The Hall–Kier alpha value is -1.57. The molecule has 2 heterocycles. The summed E-state index contributed by atoms with van der Waals surface area (Å²) in [5.74, 6) is -4.15. The average molecular weight is 300 g/mol. The monoisotopic (exact) mass is 300 g/mol. The lowest BCUT2D eigenvalue weighted by atomic mass is 9.75. The van der Waals surface area contributed by atoms with Gasteiger partial charge in [0.15, 0.2) is 0 Å². The molecule has 21 heavy (non-hydrogen) atoms. The van der Waals surface area contributed by atoms with Crippen LogP contribution in [-0.2, 0) is 11.3 Å². The number of carbonyl (C=O) groups excluding carboxylic acids is 1. The molecule has 0 radical (unpaired) electrons. The van der Waals surface area contributed by atoms with Gasteiger partial charge in [-0.25, -0.2) is 9.67 Å². The molecule has 1 aliphatic heterocycles. The van der Waals surface area contributed by atoms with Gasteiger partial charge in [0.25, 0.3) is 5.91 Å². The lowest BCUT2D eigenvalue weighted by Crippen LogP contribution is -2.61. The summed E-state index contributed by atoms with van der Waals surface area (Å²) in [5, 5.41) is 16.3. The standard InChI is InChI=1S/C13H18F2N4O2/c1-8-16-10-9(4-2-7-19(10)18-8)17-11(20)13(14,15)12(21)5-3-6-12/h9,21H,2-7H2,1H3,(H,17,20). The van der Waals surface area contributed by atoms with Crippen LogP contribution in [0.15, 0.2) is 0 Å². The van der Waals surface area contributed by atoms with E-state index in [0.717, 1.165) is 6.42 Å². The zero-order valence-corrected chi connectivity index (χ0v) is 11.8. The van der Waals surface area contributed by atoms with E-state index in [2.05, 4.69) is 15.4 Å². The predicted molar refractivity (Wildman–Crippen MR) is 68.6 cm³/mol. The number of alkyl halides is 2. The molecule has 0 bridgehead atoms. The highest BCUT2D eigenvalue weighted by molar-refractivity contribution is 5.85. The summed E-state index contributed by atoms with van der Waals surface area (Å²) in [6, 6.07) is -0.581. The highest BCUT2D eigenvalue weighted by Crippen LogP contribution is 2.44. The third kappa shape index (κ3) is 2.21. The minimum Gasteiger partial charge on any atom is -0.383 e. The topological polar surface area (TPSA) is 80.0 Å². The van der Waals surface area contributed by atoms with Gasteiger partial charge < -0.3 is 10.4 Å². The first-order chi connectivity index (χ1) is 9.83. The van der Waals surface area contributed by atoms with Gasteiger partial charge >= 0.3 is 5.92 Å². The molecule has 1 atom stereocenters.